The fourth-order valence-corrected chi connectivity index (χ4v) is 4.88. The monoisotopic (exact) mass is 440 g/mol. The van der Waals surface area contributed by atoms with Gasteiger partial charge < -0.3 is 9.47 Å². The highest BCUT2D eigenvalue weighted by Gasteiger charge is 2.25. The Bertz CT molecular complexity index is 1110. The first-order chi connectivity index (χ1) is 14.9. The van der Waals surface area contributed by atoms with E-state index in [1.165, 1.54) is 28.7 Å². The van der Waals surface area contributed by atoms with Crippen molar-refractivity contribution in [1.29, 1.82) is 0 Å². The number of fused-ring (bicyclic) bond motifs is 1. The van der Waals surface area contributed by atoms with Gasteiger partial charge in [0.2, 0.25) is 0 Å². The van der Waals surface area contributed by atoms with E-state index in [1.54, 1.807) is 6.92 Å². The number of carbonyl (C=O) groups excluding carboxylic acids is 1. The van der Waals surface area contributed by atoms with E-state index in [4.69, 9.17) is 9.47 Å². The van der Waals surface area contributed by atoms with Gasteiger partial charge in [-0.05, 0) is 64.2 Å². The number of esters is 1. The molecule has 1 aliphatic carbocycles. The van der Waals surface area contributed by atoms with E-state index < -0.39 is 6.04 Å². The Balaban J connectivity index is 1.62. The zero-order chi connectivity index (χ0) is 22.0. The van der Waals surface area contributed by atoms with Crippen LogP contribution < -0.4 is 10.3 Å². The van der Waals surface area contributed by atoms with Crippen molar-refractivity contribution in [2.45, 2.75) is 71.1 Å². The number of hydrogen-bond acceptors (Lipinski definition) is 6. The minimum atomic E-state index is -0.721. The molecule has 6 nitrogen and oxygen atoms in total. The maximum absolute atomic E-state index is 13.3. The van der Waals surface area contributed by atoms with Crippen LogP contribution in [-0.2, 0) is 9.53 Å². The second-order valence-electron chi connectivity index (χ2n) is 8.35. The van der Waals surface area contributed by atoms with E-state index >= 15 is 0 Å². The van der Waals surface area contributed by atoms with E-state index in [9.17, 15) is 9.59 Å². The molecule has 164 valence electrons. The minimum Gasteiger partial charge on any atom is -0.491 e. The van der Waals surface area contributed by atoms with Crippen molar-refractivity contribution in [2.24, 2.45) is 0 Å². The molecule has 1 fully saturated rings. The number of rotatable bonds is 6. The summed E-state index contributed by atoms with van der Waals surface area (Å²) in [5.74, 6) is 0.412. The topological polar surface area (TPSA) is 70.4 Å². The van der Waals surface area contributed by atoms with Crippen LogP contribution in [0.1, 0.15) is 58.9 Å². The van der Waals surface area contributed by atoms with Crippen LogP contribution in [0.15, 0.2) is 40.8 Å². The first-order valence-corrected chi connectivity index (χ1v) is 11.8. The SMILES string of the molecule is CC(C)Oc1ccc(-c2csc3ncn([C@H](C)C(=O)OC4CCCCC4)c(=O)c23)cc1. The molecule has 3 aromatic rings. The lowest BCUT2D eigenvalue weighted by molar-refractivity contribution is -0.154. The third-order valence-corrected chi connectivity index (χ3v) is 6.54. The molecule has 0 amide bonds. The van der Waals surface area contributed by atoms with Crippen molar-refractivity contribution >= 4 is 27.5 Å². The van der Waals surface area contributed by atoms with Gasteiger partial charge in [0.1, 0.15) is 22.7 Å². The van der Waals surface area contributed by atoms with E-state index in [1.807, 2.05) is 43.5 Å². The third kappa shape index (κ3) is 4.66. The Labute approximate surface area is 185 Å². The highest BCUT2D eigenvalue weighted by atomic mass is 32.1. The van der Waals surface area contributed by atoms with Gasteiger partial charge in [0.25, 0.3) is 5.56 Å². The van der Waals surface area contributed by atoms with Gasteiger partial charge in [0.05, 0.1) is 17.8 Å². The van der Waals surface area contributed by atoms with E-state index in [-0.39, 0.29) is 23.7 Å². The van der Waals surface area contributed by atoms with Crippen LogP contribution in [-0.4, -0.2) is 27.7 Å². The molecule has 4 rings (SSSR count). The number of benzene rings is 1. The molecular weight excluding hydrogens is 412 g/mol. The largest absolute Gasteiger partial charge is 0.491 e. The Morgan fingerprint density at radius 2 is 1.84 bits per heavy atom. The van der Waals surface area contributed by atoms with Gasteiger partial charge in [-0.1, -0.05) is 18.6 Å². The molecule has 31 heavy (non-hydrogen) atoms. The average molecular weight is 441 g/mol. The van der Waals surface area contributed by atoms with Crippen LogP contribution in [0, 0.1) is 0 Å². The first-order valence-electron chi connectivity index (χ1n) is 10.9. The van der Waals surface area contributed by atoms with Gasteiger partial charge in [-0.3, -0.25) is 9.36 Å². The molecule has 0 N–H and O–H groups in total. The molecular formula is C24H28N2O4S. The molecule has 2 aromatic heterocycles. The molecule has 0 saturated heterocycles. The Kier molecular flexibility index (Phi) is 6.41. The van der Waals surface area contributed by atoms with Crippen molar-refractivity contribution in [3.63, 3.8) is 0 Å². The molecule has 1 atom stereocenters. The van der Waals surface area contributed by atoms with Gasteiger partial charge in [-0.2, -0.15) is 0 Å². The lowest BCUT2D eigenvalue weighted by Gasteiger charge is -2.24. The van der Waals surface area contributed by atoms with E-state index in [2.05, 4.69) is 4.98 Å². The standard InChI is InChI=1S/C24H28N2O4S/c1-15(2)29-19-11-9-17(10-12-19)20-13-31-22-21(20)23(27)26(14-25-22)16(3)24(28)30-18-7-5-4-6-8-18/h9-16,18H,4-8H2,1-3H3/t16-/m1/s1. The van der Waals surface area contributed by atoms with E-state index in [0.717, 1.165) is 42.6 Å². The molecule has 7 heteroatoms. The van der Waals surface area contributed by atoms with Gasteiger partial charge in [-0.25, -0.2) is 9.78 Å². The Morgan fingerprint density at radius 3 is 2.52 bits per heavy atom. The summed E-state index contributed by atoms with van der Waals surface area (Å²) >= 11 is 1.42. The molecule has 1 saturated carbocycles. The van der Waals surface area contributed by atoms with Gasteiger partial charge in [-0.15, -0.1) is 11.3 Å². The van der Waals surface area contributed by atoms with Crippen LogP contribution in [0.2, 0.25) is 0 Å². The molecule has 0 aliphatic heterocycles. The second-order valence-corrected chi connectivity index (χ2v) is 9.21. The summed E-state index contributed by atoms with van der Waals surface area (Å²) in [6.07, 6.45) is 6.66. The molecule has 1 aromatic carbocycles. The smallest absolute Gasteiger partial charge is 0.329 e. The molecule has 0 bridgehead atoms. The predicted molar refractivity (Wildman–Crippen MR) is 123 cm³/mol. The summed E-state index contributed by atoms with van der Waals surface area (Å²) in [6.45, 7) is 5.66. The first kappa shape index (κ1) is 21.6. The summed E-state index contributed by atoms with van der Waals surface area (Å²) in [5, 5.41) is 2.47. The summed E-state index contributed by atoms with van der Waals surface area (Å²) in [5.41, 5.74) is 1.50. The third-order valence-electron chi connectivity index (χ3n) is 5.65. The maximum atomic E-state index is 13.3. The summed E-state index contributed by atoms with van der Waals surface area (Å²) in [7, 11) is 0. The van der Waals surface area contributed by atoms with E-state index in [0.29, 0.717) is 10.2 Å². The number of ether oxygens (including phenoxy) is 2. The Hall–Kier alpha value is -2.67. The quantitative estimate of drug-likeness (QED) is 0.483. The van der Waals surface area contributed by atoms with Crippen molar-refractivity contribution in [2.75, 3.05) is 0 Å². The number of thiophene rings is 1. The van der Waals surface area contributed by atoms with Gasteiger partial charge in [0.15, 0.2) is 0 Å². The average Bonchev–Trinajstić information content (AvgIpc) is 3.19. The number of aromatic nitrogens is 2. The fraction of sp³-hybridized carbons (Fsp3) is 0.458. The lowest BCUT2D eigenvalue weighted by atomic mass is 9.98. The van der Waals surface area contributed by atoms with Crippen LogP contribution in [0.5, 0.6) is 5.75 Å². The van der Waals surface area contributed by atoms with Crippen molar-refractivity contribution in [1.82, 2.24) is 9.55 Å². The van der Waals surface area contributed by atoms with Crippen molar-refractivity contribution in [3.05, 3.63) is 46.3 Å². The second kappa shape index (κ2) is 9.22. The molecule has 1 aliphatic rings. The summed E-state index contributed by atoms with van der Waals surface area (Å²) in [6, 6.07) is 6.96. The lowest BCUT2D eigenvalue weighted by Crippen LogP contribution is -2.32. The number of hydrogen-bond donors (Lipinski definition) is 0. The maximum Gasteiger partial charge on any atom is 0.329 e. The zero-order valence-electron chi connectivity index (χ0n) is 18.2. The van der Waals surface area contributed by atoms with Crippen molar-refractivity contribution in [3.8, 4) is 16.9 Å². The number of carbonyl (C=O) groups is 1. The minimum absolute atomic E-state index is 0.0422. The van der Waals surface area contributed by atoms with Gasteiger partial charge in [0, 0.05) is 10.9 Å². The van der Waals surface area contributed by atoms with Crippen LogP contribution in [0.3, 0.4) is 0 Å². The van der Waals surface area contributed by atoms with Gasteiger partial charge >= 0.3 is 5.97 Å². The highest BCUT2D eigenvalue weighted by Crippen LogP contribution is 2.32. The molecule has 0 spiro atoms. The Morgan fingerprint density at radius 1 is 1.13 bits per heavy atom. The van der Waals surface area contributed by atoms with Crippen molar-refractivity contribution < 1.29 is 14.3 Å². The zero-order valence-corrected chi connectivity index (χ0v) is 19.0. The summed E-state index contributed by atoms with van der Waals surface area (Å²) in [4.78, 5) is 31.1. The highest BCUT2D eigenvalue weighted by molar-refractivity contribution is 7.17. The summed E-state index contributed by atoms with van der Waals surface area (Å²) < 4.78 is 12.8. The van der Waals surface area contributed by atoms with Crippen LogP contribution in [0.25, 0.3) is 21.3 Å². The number of nitrogens with zero attached hydrogens (tertiary/aromatic N) is 2. The fourth-order valence-electron chi connectivity index (χ4n) is 3.98. The molecule has 0 radical (unpaired) electrons. The predicted octanol–water partition coefficient (Wildman–Crippen LogP) is 5.35. The van der Waals surface area contributed by atoms with Crippen LogP contribution in [0.4, 0.5) is 0 Å². The normalized spacial score (nSPS) is 15.9. The molecule has 0 unspecified atom stereocenters. The van der Waals surface area contributed by atoms with Crippen LogP contribution >= 0.6 is 11.3 Å². The molecule has 2 heterocycles.